The standard InChI is InChI=1S/C58H82O20/c1-36(2)58-37(3)27-28-48(69-39(5)59)29-49(70-40(6)60)30-50(71-41(7)61)31-51(72-42(8)62)32-52(73-43(9)63)33-53(74-44(10)64)34-54(75-45(11)65)35-56(77-47(13)67)38(4)55(76-46(12)66)25-23-21-19-17-15-14-16-18-20-22-24-26-57(68)78-58/h14-24,26-28,36-38,48-56,58H,25,29-35H2,1-13H3/b15-14+,18-16+,19-17+,22-20+,23-21+,26-24+,28-27+/t37-,38-,48-,49-,50-,51+,52-,53+,54+,55-,56+,58-/m0/s1. The third kappa shape index (κ3) is 33.1. The first kappa shape index (κ1) is 68.9. The Bertz CT molecular complexity index is 2200. The van der Waals surface area contributed by atoms with Crippen molar-refractivity contribution in [2.75, 3.05) is 0 Å². The fraction of sp³-hybridized carbons (Fsp3) is 0.586. The molecule has 0 unspecified atom stereocenters. The van der Waals surface area contributed by atoms with E-state index in [0.717, 1.165) is 41.5 Å². The van der Waals surface area contributed by atoms with Crippen LogP contribution in [0.1, 0.15) is 141 Å². The minimum absolute atomic E-state index is 0.136. The molecule has 0 bridgehead atoms. The van der Waals surface area contributed by atoms with Crippen LogP contribution >= 0.6 is 0 Å². The highest BCUT2D eigenvalue weighted by atomic mass is 16.6. The molecular formula is C58H82O20. The lowest BCUT2D eigenvalue weighted by molar-refractivity contribution is -0.165. The van der Waals surface area contributed by atoms with Gasteiger partial charge in [-0.1, -0.05) is 101 Å². The highest BCUT2D eigenvalue weighted by Crippen LogP contribution is 2.29. The zero-order valence-electron chi connectivity index (χ0n) is 47.4. The van der Waals surface area contributed by atoms with Gasteiger partial charge in [-0.05, 0) is 12.0 Å². The van der Waals surface area contributed by atoms with Crippen LogP contribution in [0.5, 0.6) is 0 Å². The number of esters is 10. The molecule has 12 atom stereocenters. The summed E-state index contributed by atoms with van der Waals surface area (Å²) in [4.78, 5) is 126. The number of cyclic esters (lactones) is 1. The molecule has 0 saturated carbocycles. The van der Waals surface area contributed by atoms with Crippen LogP contribution in [0.25, 0.3) is 0 Å². The van der Waals surface area contributed by atoms with Gasteiger partial charge < -0.3 is 47.4 Å². The van der Waals surface area contributed by atoms with E-state index in [9.17, 15) is 47.9 Å². The lowest BCUT2D eigenvalue weighted by Gasteiger charge is -2.33. The predicted octanol–water partition coefficient (Wildman–Crippen LogP) is 8.24. The van der Waals surface area contributed by atoms with Crippen LogP contribution in [-0.4, -0.2) is 121 Å². The summed E-state index contributed by atoms with van der Waals surface area (Å²) < 4.78 is 57.2. The fourth-order valence-corrected chi connectivity index (χ4v) is 8.70. The van der Waals surface area contributed by atoms with Gasteiger partial charge in [0.2, 0.25) is 0 Å². The number of rotatable bonds is 10. The van der Waals surface area contributed by atoms with E-state index in [1.165, 1.54) is 32.9 Å². The van der Waals surface area contributed by atoms with Crippen LogP contribution < -0.4 is 0 Å². The summed E-state index contributed by atoms with van der Waals surface area (Å²) in [5.41, 5.74) is 0. The second-order valence-corrected chi connectivity index (χ2v) is 19.3. The minimum atomic E-state index is -1.18. The van der Waals surface area contributed by atoms with Gasteiger partial charge in [0.1, 0.15) is 61.0 Å². The van der Waals surface area contributed by atoms with E-state index < -0.39 is 133 Å². The van der Waals surface area contributed by atoms with Crippen molar-refractivity contribution in [3.63, 3.8) is 0 Å². The smallest absolute Gasteiger partial charge is 0.331 e. The van der Waals surface area contributed by atoms with Gasteiger partial charge in [0.05, 0.1) is 0 Å². The van der Waals surface area contributed by atoms with E-state index in [1.807, 2.05) is 20.8 Å². The quantitative estimate of drug-likeness (QED) is 0.113. The van der Waals surface area contributed by atoms with Crippen molar-refractivity contribution in [2.45, 2.75) is 202 Å². The van der Waals surface area contributed by atoms with E-state index in [-0.39, 0.29) is 57.3 Å². The van der Waals surface area contributed by atoms with Crippen LogP contribution in [-0.2, 0) is 95.3 Å². The molecule has 0 aromatic heterocycles. The van der Waals surface area contributed by atoms with Crippen molar-refractivity contribution in [3.05, 3.63) is 85.1 Å². The molecule has 20 heteroatoms. The summed E-state index contributed by atoms with van der Waals surface area (Å²) in [7, 11) is 0. The Morgan fingerprint density at radius 2 is 0.731 bits per heavy atom. The van der Waals surface area contributed by atoms with Gasteiger partial charge in [-0.3, -0.25) is 43.2 Å². The van der Waals surface area contributed by atoms with E-state index in [4.69, 9.17) is 47.4 Å². The van der Waals surface area contributed by atoms with Gasteiger partial charge in [0, 0.05) is 132 Å². The van der Waals surface area contributed by atoms with Crippen LogP contribution in [0, 0.1) is 17.8 Å². The van der Waals surface area contributed by atoms with Crippen molar-refractivity contribution in [1.82, 2.24) is 0 Å². The molecule has 434 valence electrons. The van der Waals surface area contributed by atoms with Crippen LogP contribution in [0.3, 0.4) is 0 Å². The zero-order chi connectivity index (χ0) is 58.9. The molecule has 0 N–H and O–H groups in total. The molecule has 1 heterocycles. The maximum atomic E-state index is 12.9. The molecule has 0 aromatic carbocycles. The molecule has 20 nitrogen and oxygen atoms in total. The third-order valence-electron chi connectivity index (χ3n) is 11.5. The molecule has 1 aliphatic heterocycles. The minimum Gasteiger partial charge on any atom is -0.462 e. The van der Waals surface area contributed by atoms with E-state index in [2.05, 4.69) is 0 Å². The average molecular weight is 1100 g/mol. The van der Waals surface area contributed by atoms with Crippen molar-refractivity contribution < 1.29 is 95.3 Å². The van der Waals surface area contributed by atoms with Gasteiger partial charge >= 0.3 is 59.7 Å². The van der Waals surface area contributed by atoms with Gasteiger partial charge in [-0.2, -0.15) is 0 Å². The molecule has 1 rings (SSSR count). The highest BCUT2D eigenvalue weighted by Gasteiger charge is 2.37. The first-order valence-electron chi connectivity index (χ1n) is 26.1. The van der Waals surface area contributed by atoms with Crippen molar-refractivity contribution in [3.8, 4) is 0 Å². The maximum absolute atomic E-state index is 12.9. The largest absolute Gasteiger partial charge is 0.462 e. The number of hydrogen-bond acceptors (Lipinski definition) is 20. The van der Waals surface area contributed by atoms with Gasteiger partial charge in [0.15, 0.2) is 0 Å². The first-order chi connectivity index (χ1) is 36.6. The van der Waals surface area contributed by atoms with E-state index in [1.54, 1.807) is 79.8 Å². The summed E-state index contributed by atoms with van der Waals surface area (Å²) in [6, 6.07) is 0. The molecule has 0 aliphatic carbocycles. The fourth-order valence-electron chi connectivity index (χ4n) is 8.70. The van der Waals surface area contributed by atoms with Gasteiger partial charge in [-0.25, -0.2) is 4.79 Å². The van der Waals surface area contributed by atoms with Crippen LogP contribution in [0.2, 0.25) is 0 Å². The monoisotopic (exact) mass is 1100 g/mol. The lowest BCUT2D eigenvalue weighted by atomic mass is 9.89. The summed E-state index contributed by atoms with van der Waals surface area (Å²) >= 11 is 0. The maximum Gasteiger partial charge on any atom is 0.331 e. The van der Waals surface area contributed by atoms with E-state index >= 15 is 0 Å². The predicted molar refractivity (Wildman–Crippen MR) is 284 cm³/mol. The Morgan fingerprint density at radius 3 is 1.09 bits per heavy atom. The topological polar surface area (TPSA) is 263 Å². The summed E-state index contributed by atoms with van der Waals surface area (Å²) in [5.74, 6) is -8.27. The Morgan fingerprint density at radius 1 is 0.410 bits per heavy atom. The molecule has 0 aromatic rings. The number of hydrogen-bond donors (Lipinski definition) is 0. The van der Waals surface area contributed by atoms with Gasteiger partial charge in [0.25, 0.3) is 0 Å². The number of allylic oxidation sites excluding steroid dienone is 10. The molecule has 78 heavy (non-hydrogen) atoms. The third-order valence-corrected chi connectivity index (χ3v) is 11.5. The molecule has 0 spiro atoms. The summed E-state index contributed by atoms with van der Waals surface area (Å²) in [6.45, 7) is 17.8. The zero-order valence-corrected chi connectivity index (χ0v) is 47.4. The molecule has 1 aliphatic rings. The molecule has 0 amide bonds. The highest BCUT2D eigenvalue weighted by molar-refractivity contribution is 5.82. The normalized spacial score (nSPS) is 29.6. The number of carbonyl (C=O) groups excluding carboxylic acids is 10. The Kier molecular flexibility index (Phi) is 33.2. The number of ether oxygens (including phenoxy) is 10. The van der Waals surface area contributed by atoms with Crippen molar-refractivity contribution in [1.29, 1.82) is 0 Å². The van der Waals surface area contributed by atoms with Crippen molar-refractivity contribution in [2.24, 2.45) is 17.8 Å². The summed E-state index contributed by atoms with van der Waals surface area (Å²) in [6.07, 6.45) is 11.9. The molecular weight excluding hydrogens is 1020 g/mol. The Hall–Kier alpha value is -7.12. The second-order valence-electron chi connectivity index (χ2n) is 19.3. The summed E-state index contributed by atoms with van der Waals surface area (Å²) in [5, 5.41) is 0. The van der Waals surface area contributed by atoms with Gasteiger partial charge in [-0.15, -0.1) is 0 Å². The molecule has 0 fully saturated rings. The SMILES string of the molecule is CC(=O)O[C@H]1C[C@H](OC(C)=O)C[C@@H](OC(C)=O)C[C@@H](OC(C)=O)C[C@@H](OC(C)=O)[C@@H](C)[C@@H](OC(C)=O)C/C=C/C=C/C=C/C=C/C=C/C=C/C(=O)O[C@@H](C(C)C)[C@@H](C)/C=C/[C@H](OC(C)=O)C[C@H](OC(C)=O)C[C@H](OC(C)=O)C1. The first-order valence-corrected chi connectivity index (χ1v) is 26.1. The Labute approximate surface area is 458 Å². The number of carbonyl (C=O) groups is 10. The molecule has 0 radical (unpaired) electrons. The lowest BCUT2D eigenvalue weighted by Crippen LogP contribution is -2.40. The molecule has 0 saturated heterocycles. The van der Waals surface area contributed by atoms with Crippen LogP contribution in [0.4, 0.5) is 0 Å². The van der Waals surface area contributed by atoms with Crippen LogP contribution in [0.15, 0.2) is 85.1 Å². The average Bonchev–Trinajstić information content (AvgIpc) is 3.28. The van der Waals surface area contributed by atoms with Crippen molar-refractivity contribution >= 4 is 59.7 Å². The van der Waals surface area contributed by atoms with E-state index in [0.29, 0.717) is 0 Å². The Balaban J connectivity index is 4.06. The second kappa shape index (κ2) is 37.6.